The third-order valence-corrected chi connectivity index (χ3v) is 28.5. The van der Waals surface area contributed by atoms with Crippen LogP contribution in [-0.4, -0.2) is 43.0 Å². The quantitative estimate of drug-likeness (QED) is 0.146. The molecule has 0 amide bonds. The van der Waals surface area contributed by atoms with Gasteiger partial charge in [0.05, 0.1) is 0 Å². The van der Waals surface area contributed by atoms with Crippen LogP contribution in [0, 0.1) is 0 Å². The van der Waals surface area contributed by atoms with Crippen LogP contribution in [0.15, 0.2) is 0 Å². The summed E-state index contributed by atoms with van der Waals surface area (Å²) in [5.74, 6) is 0. The van der Waals surface area contributed by atoms with Crippen LogP contribution in [0.5, 0.6) is 0 Å². The molecule has 1 saturated heterocycles. The van der Waals surface area contributed by atoms with Gasteiger partial charge in [-0.15, -0.1) is 0 Å². The first-order chi connectivity index (χ1) is 13.6. The minimum absolute atomic E-state index is 0.273. The van der Waals surface area contributed by atoms with Crippen molar-refractivity contribution in [3.63, 3.8) is 0 Å². The molecule has 29 heavy (non-hydrogen) atoms. The second kappa shape index (κ2) is 12.8. The van der Waals surface area contributed by atoms with Crippen molar-refractivity contribution in [3.05, 3.63) is 0 Å². The first-order valence-electron chi connectivity index (χ1n) is 12.9. The molecule has 1 heterocycles. The van der Waals surface area contributed by atoms with E-state index in [0.29, 0.717) is 16.3 Å². The van der Waals surface area contributed by atoms with Gasteiger partial charge in [-0.05, 0) is 0 Å². The summed E-state index contributed by atoms with van der Waals surface area (Å²) in [4.78, 5) is 0. The fourth-order valence-corrected chi connectivity index (χ4v) is 23.4. The topological polar surface area (TPSA) is 21.8 Å². The van der Waals surface area contributed by atoms with Crippen molar-refractivity contribution >= 4 is 26.7 Å². The van der Waals surface area contributed by atoms with Gasteiger partial charge in [0.25, 0.3) is 0 Å². The number of ether oxygens (including phenoxy) is 1. The molecule has 2 nitrogen and oxygen atoms in total. The Morgan fingerprint density at radius 1 is 0.828 bits per heavy atom. The van der Waals surface area contributed by atoms with Crippen molar-refractivity contribution < 1.29 is 9.16 Å². The molecule has 0 aromatic heterocycles. The molecular weight excluding hydrogens is 479 g/mol. The molecule has 1 aliphatic heterocycles. The van der Waals surface area contributed by atoms with E-state index in [2.05, 4.69) is 61.6 Å². The first-order valence-corrected chi connectivity index (χ1v) is 23.5. The number of unbranched alkanes of at least 4 members (excludes halogenated alkanes) is 4. The number of hydrogen-bond acceptors (Lipinski definition) is 2. The zero-order valence-electron chi connectivity index (χ0n) is 21.5. The normalized spacial score (nSPS) is 21.4. The van der Waals surface area contributed by atoms with Crippen LogP contribution < -0.4 is 0 Å². The summed E-state index contributed by atoms with van der Waals surface area (Å²) < 4.78 is 19.0. The van der Waals surface area contributed by atoms with Gasteiger partial charge >= 0.3 is 190 Å². The molecule has 0 aromatic rings. The van der Waals surface area contributed by atoms with Crippen molar-refractivity contribution in [1.82, 2.24) is 0 Å². The van der Waals surface area contributed by atoms with E-state index in [-0.39, 0.29) is 5.04 Å². The molecule has 0 spiro atoms. The van der Waals surface area contributed by atoms with Gasteiger partial charge in [0.15, 0.2) is 0 Å². The Kier molecular flexibility index (Phi) is 12.4. The molecule has 0 saturated carbocycles. The first kappa shape index (κ1) is 28.0. The van der Waals surface area contributed by atoms with E-state index in [9.17, 15) is 0 Å². The third-order valence-electron chi connectivity index (χ3n) is 7.67. The van der Waals surface area contributed by atoms with Gasteiger partial charge in [0.1, 0.15) is 0 Å². The molecule has 0 bridgehead atoms. The van der Waals surface area contributed by atoms with E-state index in [4.69, 9.17) is 9.16 Å². The van der Waals surface area contributed by atoms with E-state index in [1.807, 2.05) is 0 Å². The fraction of sp³-hybridized carbons (Fsp3) is 1.00. The number of epoxide rings is 1. The molecular formula is C25H54O2SiSn. The molecule has 3 atom stereocenters. The molecule has 3 unspecified atom stereocenters. The van der Waals surface area contributed by atoms with E-state index in [0.717, 1.165) is 0 Å². The summed E-state index contributed by atoms with van der Waals surface area (Å²) >= 11 is -2.31. The van der Waals surface area contributed by atoms with Crippen molar-refractivity contribution in [2.75, 3.05) is 0 Å². The molecule has 1 aliphatic rings. The second-order valence-electron chi connectivity index (χ2n) is 11.3. The van der Waals surface area contributed by atoms with Crippen molar-refractivity contribution in [3.8, 4) is 0 Å². The molecule has 0 aromatic carbocycles. The Morgan fingerprint density at radius 2 is 1.28 bits per heavy atom. The third kappa shape index (κ3) is 8.42. The molecule has 4 heteroatoms. The Morgan fingerprint density at radius 3 is 1.66 bits per heavy atom. The minimum atomic E-state index is -2.31. The average Bonchev–Trinajstić information content (AvgIpc) is 3.45. The maximum atomic E-state index is 7.01. The molecule has 0 aliphatic carbocycles. The van der Waals surface area contributed by atoms with Crippen LogP contribution in [0.3, 0.4) is 0 Å². The van der Waals surface area contributed by atoms with E-state index < -0.39 is 26.7 Å². The standard InChI is InChI=1S/C13H27O2Si.3C4H9.Sn/c1-7-8-9-11(12-10-14-12)15-16(5,6)13(2,3)4;3*1-3-4-2;/h10-12H,7-9H2,1-6H3;3*1,3-4H2,2H3;. The molecule has 0 radical (unpaired) electrons. The van der Waals surface area contributed by atoms with Crippen LogP contribution >= 0.6 is 0 Å². The van der Waals surface area contributed by atoms with E-state index >= 15 is 0 Å². The summed E-state index contributed by atoms with van der Waals surface area (Å²) in [6.45, 7) is 21.4. The van der Waals surface area contributed by atoms with Crippen molar-refractivity contribution in [2.45, 2.75) is 154 Å². The van der Waals surface area contributed by atoms with Crippen molar-refractivity contribution in [1.29, 1.82) is 0 Å². The SMILES string of the molecule is CCCCC(O[Si](C)(C)C(C)(C)C)C1O[CH]1[Sn]([CH2]CCC)([CH2]CCC)[CH2]CCC. The Balaban J connectivity index is 3.03. The predicted molar refractivity (Wildman–Crippen MR) is 135 cm³/mol. The molecule has 1 fully saturated rings. The maximum absolute atomic E-state index is 7.01. The summed E-state index contributed by atoms with van der Waals surface area (Å²) in [5.41, 5.74) is 0. The van der Waals surface area contributed by atoms with Gasteiger partial charge in [-0.1, -0.05) is 0 Å². The van der Waals surface area contributed by atoms with Crippen molar-refractivity contribution in [2.24, 2.45) is 0 Å². The molecule has 1 rings (SSSR count). The van der Waals surface area contributed by atoms with Gasteiger partial charge in [-0.2, -0.15) is 0 Å². The van der Waals surface area contributed by atoms with Gasteiger partial charge < -0.3 is 0 Å². The molecule has 174 valence electrons. The van der Waals surface area contributed by atoms with Crippen LogP contribution in [-0.2, 0) is 9.16 Å². The zero-order valence-corrected chi connectivity index (χ0v) is 25.4. The Hall–Kier alpha value is 0.936. The molecule has 0 N–H and O–H groups in total. The fourth-order valence-electron chi connectivity index (χ4n) is 4.54. The van der Waals surface area contributed by atoms with Crippen LogP contribution in [0.4, 0.5) is 0 Å². The van der Waals surface area contributed by atoms with Crippen LogP contribution in [0.25, 0.3) is 0 Å². The summed E-state index contributed by atoms with van der Waals surface area (Å²) in [5, 5.41) is 0.273. The van der Waals surface area contributed by atoms with E-state index in [1.54, 1.807) is 13.3 Å². The summed E-state index contributed by atoms with van der Waals surface area (Å²) in [6.07, 6.45) is 12.8. The monoisotopic (exact) mass is 534 g/mol. The van der Waals surface area contributed by atoms with E-state index in [1.165, 1.54) is 57.8 Å². The van der Waals surface area contributed by atoms with Gasteiger partial charge in [0.2, 0.25) is 0 Å². The summed E-state index contributed by atoms with van der Waals surface area (Å²) in [6, 6.07) is 0. The number of hydrogen-bond donors (Lipinski definition) is 0. The Labute approximate surface area is 189 Å². The van der Waals surface area contributed by atoms with Gasteiger partial charge in [0, 0.05) is 0 Å². The predicted octanol–water partition coefficient (Wildman–Crippen LogP) is 8.72. The van der Waals surface area contributed by atoms with Gasteiger partial charge in [-0.25, -0.2) is 0 Å². The van der Waals surface area contributed by atoms with Gasteiger partial charge in [-0.3, -0.25) is 0 Å². The Bertz CT molecular complexity index is 425. The number of rotatable bonds is 16. The van der Waals surface area contributed by atoms with Crippen LogP contribution in [0.1, 0.15) is 106 Å². The second-order valence-corrected chi connectivity index (χ2v) is 29.7. The van der Waals surface area contributed by atoms with Crippen LogP contribution in [0.2, 0.25) is 31.4 Å². The summed E-state index contributed by atoms with van der Waals surface area (Å²) in [7, 11) is -1.76. The average molecular weight is 534 g/mol. The zero-order chi connectivity index (χ0) is 22.1.